The molecule has 0 atom stereocenters. The highest BCUT2D eigenvalue weighted by molar-refractivity contribution is 6.17. The molecule has 0 saturated carbocycles. The van der Waals surface area contributed by atoms with Gasteiger partial charge in [-0.3, -0.25) is 4.79 Å². The predicted octanol–water partition coefficient (Wildman–Crippen LogP) is 0.430. The van der Waals surface area contributed by atoms with E-state index in [-0.39, 0.29) is 5.78 Å². The van der Waals surface area contributed by atoms with Gasteiger partial charge in [-0.25, -0.2) is 4.52 Å². The monoisotopic (exact) mass is 170 g/mol. The lowest BCUT2D eigenvalue weighted by molar-refractivity contribution is -0.109. The fraction of sp³-hybridized carbons (Fsp3) is 0. The van der Waals surface area contributed by atoms with E-state index in [9.17, 15) is 4.79 Å². The Hall–Kier alpha value is -1.90. The average molecular weight is 170 g/mol. The molecule has 2 aromatic rings. The number of carbonyl (C=O) groups is 1. The van der Waals surface area contributed by atoms with Gasteiger partial charge in [0, 0.05) is 23.2 Å². The zero-order valence-corrected chi connectivity index (χ0v) is 6.77. The molecule has 3 rings (SSSR count). The molecule has 2 heterocycles. The molecule has 0 N–H and O–H groups in total. The van der Waals surface area contributed by atoms with Gasteiger partial charge in [-0.15, -0.1) is 0 Å². The smallest absolute Gasteiger partial charge is 0.179 e. The lowest BCUT2D eigenvalue weighted by Crippen LogP contribution is -2.08. The van der Waals surface area contributed by atoms with E-state index in [1.807, 2.05) is 18.3 Å². The van der Waals surface area contributed by atoms with Gasteiger partial charge in [-0.1, -0.05) is 0 Å². The number of allylic oxidation sites excluding steroid dienone is 1. The maximum atomic E-state index is 11.1. The zero-order chi connectivity index (χ0) is 8.84. The SMILES string of the molecule is O=C1C=Cc2cn3nccc3c2=C1. The third-order valence-corrected chi connectivity index (χ3v) is 2.23. The summed E-state index contributed by atoms with van der Waals surface area (Å²) in [6, 6.07) is 1.90. The topological polar surface area (TPSA) is 34.4 Å². The molecule has 3 heteroatoms. The summed E-state index contributed by atoms with van der Waals surface area (Å²) in [5, 5.41) is 5.08. The van der Waals surface area contributed by atoms with Gasteiger partial charge in [-0.2, -0.15) is 5.10 Å². The highest BCUT2D eigenvalue weighted by atomic mass is 16.1. The fourth-order valence-electron chi connectivity index (χ4n) is 1.63. The third-order valence-electron chi connectivity index (χ3n) is 2.23. The van der Waals surface area contributed by atoms with Crippen LogP contribution in [0.3, 0.4) is 0 Å². The zero-order valence-electron chi connectivity index (χ0n) is 6.77. The van der Waals surface area contributed by atoms with Crippen molar-refractivity contribution >= 4 is 23.5 Å². The van der Waals surface area contributed by atoms with Crippen molar-refractivity contribution in [2.24, 2.45) is 0 Å². The highest BCUT2D eigenvalue weighted by Crippen LogP contribution is 2.07. The normalized spacial score (nSPS) is 14.6. The first kappa shape index (κ1) is 6.60. The van der Waals surface area contributed by atoms with Gasteiger partial charge in [0.1, 0.15) is 0 Å². The maximum Gasteiger partial charge on any atom is 0.179 e. The molecule has 62 valence electrons. The van der Waals surface area contributed by atoms with E-state index in [4.69, 9.17) is 0 Å². The molecule has 0 spiro atoms. The van der Waals surface area contributed by atoms with Crippen molar-refractivity contribution in [1.82, 2.24) is 9.61 Å². The van der Waals surface area contributed by atoms with Crippen LogP contribution >= 0.6 is 0 Å². The molecule has 0 radical (unpaired) electrons. The Morgan fingerprint density at radius 1 is 1.31 bits per heavy atom. The van der Waals surface area contributed by atoms with E-state index in [1.54, 1.807) is 22.9 Å². The van der Waals surface area contributed by atoms with Crippen molar-refractivity contribution in [3.8, 4) is 0 Å². The largest absolute Gasteiger partial charge is 0.290 e. The van der Waals surface area contributed by atoms with Crippen molar-refractivity contribution in [2.75, 3.05) is 0 Å². The Morgan fingerprint density at radius 2 is 2.23 bits per heavy atom. The molecule has 0 aromatic carbocycles. The van der Waals surface area contributed by atoms with Crippen LogP contribution in [0.4, 0.5) is 0 Å². The molecule has 1 aliphatic carbocycles. The molecule has 3 nitrogen and oxygen atoms in total. The van der Waals surface area contributed by atoms with E-state index in [0.29, 0.717) is 0 Å². The standard InChI is InChI=1S/C10H6N2O/c13-8-2-1-7-6-12-10(3-4-11-12)9(7)5-8/h1-6H. The summed E-state index contributed by atoms with van der Waals surface area (Å²) in [5.74, 6) is 0.0433. The third kappa shape index (κ3) is 0.783. The first-order valence-electron chi connectivity index (χ1n) is 4.04. The summed E-state index contributed by atoms with van der Waals surface area (Å²) in [5.41, 5.74) is 2.05. The van der Waals surface area contributed by atoms with Crippen LogP contribution in [0.1, 0.15) is 5.56 Å². The van der Waals surface area contributed by atoms with Crippen LogP contribution in [-0.2, 0) is 4.79 Å². The number of aromatic nitrogens is 2. The molecule has 0 fully saturated rings. The molecule has 2 aromatic heterocycles. The summed E-state index contributed by atoms with van der Waals surface area (Å²) in [4.78, 5) is 11.1. The molecular formula is C10H6N2O. The molecule has 13 heavy (non-hydrogen) atoms. The first-order valence-corrected chi connectivity index (χ1v) is 4.04. The van der Waals surface area contributed by atoms with Gasteiger partial charge in [0.25, 0.3) is 0 Å². The number of carbonyl (C=O) groups excluding carboxylic acids is 1. The number of nitrogens with zero attached hydrogens (tertiary/aromatic N) is 2. The van der Waals surface area contributed by atoms with E-state index < -0.39 is 0 Å². The second-order valence-electron chi connectivity index (χ2n) is 3.04. The molecule has 0 aliphatic heterocycles. The number of ketones is 1. The first-order chi connectivity index (χ1) is 6.34. The van der Waals surface area contributed by atoms with Crippen LogP contribution in [0.15, 0.2) is 24.5 Å². The van der Waals surface area contributed by atoms with E-state index in [0.717, 1.165) is 16.3 Å². The van der Waals surface area contributed by atoms with E-state index in [2.05, 4.69) is 5.10 Å². The predicted molar refractivity (Wildman–Crippen MR) is 48.9 cm³/mol. The van der Waals surface area contributed by atoms with Gasteiger partial charge < -0.3 is 0 Å². The Bertz CT molecular complexity index is 577. The van der Waals surface area contributed by atoms with Crippen LogP contribution in [0.2, 0.25) is 0 Å². The van der Waals surface area contributed by atoms with Gasteiger partial charge in [-0.05, 0) is 24.3 Å². The molecule has 0 saturated heterocycles. The lowest BCUT2D eigenvalue weighted by atomic mass is 10.1. The fourth-order valence-corrected chi connectivity index (χ4v) is 1.63. The Balaban J connectivity index is 2.56. The van der Waals surface area contributed by atoms with Gasteiger partial charge in [0.2, 0.25) is 0 Å². The summed E-state index contributed by atoms with van der Waals surface area (Å²) in [6.07, 6.45) is 8.69. The van der Waals surface area contributed by atoms with Crippen LogP contribution in [0.25, 0.3) is 17.7 Å². The quantitative estimate of drug-likeness (QED) is 0.574. The summed E-state index contributed by atoms with van der Waals surface area (Å²) >= 11 is 0. The Labute approximate surface area is 74.0 Å². The van der Waals surface area contributed by atoms with Crippen LogP contribution in [-0.4, -0.2) is 15.4 Å². The number of hydrogen-bond donors (Lipinski definition) is 0. The summed E-state index contributed by atoms with van der Waals surface area (Å²) < 4.78 is 1.78. The second-order valence-corrected chi connectivity index (χ2v) is 3.04. The molecule has 1 aliphatic rings. The number of fused-ring (bicyclic) bond motifs is 3. The molecule has 0 amide bonds. The van der Waals surface area contributed by atoms with Crippen molar-refractivity contribution < 1.29 is 4.79 Å². The van der Waals surface area contributed by atoms with Crippen molar-refractivity contribution in [3.05, 3.63) is 35.3 Å². The highest BCUT2D eigenvalue weighted by Gasteiger charge is 2.07. The molecule has 0 unspecified atom stereocenters. The number of hydrogen-bond acceptors (Lipinski definition) is 2. The van der Waals surface area contributed by atoms with E-state index >= 15 is 0 Å². The van der Waals surface area contributed by atoms with Crippen molar-refractivity contribution in [3.63, 3.8) is 0 Å². The minimum absolute atomic E-state index is 0.0433. The van der Waals surface area contributed by atoms with Crippen LogP contribution in [0.5, 0.6) is 0 Å². The van der Waals surface area contributed by atoms with Gasteiger partial charge in [0.15, 0.2) is 5.78 Å². The van der Waals surface area contributed by atoms with Gasteiger partial charge >= 0.3 is 0 Å². The van der Waals surface area contributed by atoms with Crippen molar-refractivity contribution in [2.45, 2.75) is 0 Å². The second kappa shape index (κ2) is 2.07. The minimum atomic E-state index is 0.0433. The Morgan fingerprint density at radius 3 is 3.15 bits per heavy atom. The van der Waals surface area contributed by atoms with Crippen molar-refractivity contribution in [1.29, 1.82) is 0 Å². The maximum absolute atomic E-state index is 11.1. The van der Waals surface area contributed by atoms with Gasteiger partial charge in [0.05, 0.1) is 5.52 Å². The Kier molecular flexibility index (Phi) is 1.05. The lowest BCUT2D eigenvalue weighted by Gasteiger charge is -1.92. The molecular weight excluding hydrogens is 164 g/mol. The van der Waals surface area contributed by atoms with Crippen LogP contribution in [0, 0.1) is 0 Å². The average Bonchev–Trinajstić information content (AvgIpc) is 2.64. The summed E-state index contributed by atoms with van der Waals surface area (Å²) in [7, 11) is 0. The molecule has 0 bridgehead atoms. The summed E-state index contributed by atoms with van der Waals surface area (Å²) in [6.45, 7) is 0. The minimum Gasteiger partial charge on any atom is -0.290 e. The van der Waals surface area contributed by atoms with Crippen LogP contribution < -0.4 is 5.22 Å². The number of rotatable bonds is 0. The van der Waals surface area contributed by atoms with E-state index in [1.165, 1.54) is 0 Å².